The Morgan fingerprint density at radius 2 is 1.50 bits per heavy atom. The Kier molecular flexibility index (Phi) is 3.48. The maximum atomic E-state index is 12.8. The summed E-state index contributed by atoms with van der Waals surface area (Å²) in [6.07, 6.45) is -4.01. The van der Waals surface area contributed by atoms with E-state index in [9.17, 15) is 19.5 Å². The summed E-state index contributed by atoms with van der Waals surface area (Å²) in [5.41, 5.74) is -2.27. The third-order valence-corrected chi connectivity index (χ3v) is 7.15. The minimum absolute atomic E-state index is 0.114. The SMILES string of the molecule is CC(C)(C)C12CS(=O)C(C(C)(C)C)(O1)C(O)C(O)C2O. The van der Waals surface area contributed by atoms with Crippen molar-refractivity contribution in [2.75, 3.05) is 5.75 Å². The van der Waals surface area contributed by atoms with Crippen molar-refractivity contribution in [3.05, 3.63) is 0 Å². The Bertz CT molecular complexity index is 438. The van der Waals surface area contributed by atoms with E-state index in [2.05, 4.69) is 0 Å². The molecule has 2 bridgehead atoms. The molecule has 2 aliphatic heterocycles. The van der Waals surface area contributed by atoms with Crippen LogP contribution < -0.4 is 0 Å². The summed E-state index contributed by atoms with van der Waals surface area (Å²) in [5, 5.41) is 31.2. The maximum absolute atomic E-state index is 12.8. The lowest BCUT2D eigenvalue weighted by Crippen LogP contribution is -2.72. The van der Waals surface area contributed by atoms with Gasteiger partial charge in [0.05, 0.1) is 16.6 Å². The van der Waals surface area contributed by atoms with Crippen molar-refractivity contribution in [1.82, 2.24) is 0 Å². The quantitative estimate of drug-likeness (QED) is 0.603. The van der Waals surface area contributed by atoms with Crippen LogP contribution in [0.1, 0.15) is 41.5 Å². The van der Waals surface area contributed by atoms with Crippen LogP contribution in [0.3, 0.4) is 0 Å². The fraction of sp³-hybridized carbons (Fsp3) is 1.00. The standard InChI is InChI=1S/C14H26O5S/c1-11(2,3)13-7-20(18)14(19-13,12(4,5)6)10(17)8(15)9(13)16/h8-10,15-17H,7H2,1-6H3. The van der Waals surface area contributed by atoms with E-state index >= 15 is 0 Å². The molecule has 0 saturated carbocycles. The van der Waals surface area contributed by atoms with Crippen molar-refractivity contribution in [3.8, 4) is 0 Å². The second kappa shape index (κ2) is 4.26. The molecule has 6 heteroatoms. The minimum Gasteiger partial charge on any atom is -0.387 e. The Morgan fingerprint density at radius 3 is 1.90 bits per heavy atom. The average Bonchev–Trinajstić information content (AvgIpc) is 2.57. The van der Waals surface area contributed by atoms with Gasteiger partial charge in [-0.15, -0.1) is 0 Å². The van der Waals surface area contributed by atoms with Gasteiger partial charge < -0.3 is 20.1 Å². The zero-order chi connectivity index (χ0) is 15.7. The number of aliphatic hydroxyl groups excluding tert-OH is 3. The molecule has 6 atom stereocenters. The van der Waals surface area contributed by atoms with Gasteiger partial charge >= 0.3 is 0 Å². The van der Waals surface area contributed by atoms with Crippen molar-refractivity contribution in [3.63, 3.8) is 0 Å². The highest BCUT2D eigenvalue weighted by atomic mass is 32.2. The minimum atomic E-state index is -1.51. The molecule has 6 unspecified atom stereocenters. The largest absolute Gasteiger partial charge is 0.387 e. The number of rotatable bonds is 0. The van der Waals surface area contributed by atoms with E-state index in [-0.39, 0.29) is 5.75 Å². The van der Waals surface area contributed by atoms with Crippen molar-refractivity contribution in [1.29, 1.82) is 0 Å². The molecule has 3 N–H and O–H groups in total. The zero-order valence-electron chi connectivity index (χ0n) is 13.0. The number of hydrogen-bond acceptors (Lipinski definition) is 5. The van der Waals surface area contributed by atoms with Gasteiger partial charge in [0.15, 0.2) is 4.93 Å². The molecular formula is C14H26O5S. The third-order valence-electron chi connectivity index (χ3n) is 4.85. The fourth-order valence-electron chi connectivity index (χ4n) is 3.41. The fourth-order valence-corrected chi connectivity index (χ4v) is 6.01. The molecule has 2 rings (SSSR count). The lowest BCUT2D eigenvalue weighted by molar-refractivity contribution is -0.309. The Balaban J connectivity index is 2.66. The van der Waals surface area contributed by atoms with Crippen LogP contribution >= 0.6 is 0 Å². The first kappa shape index (κ1) is 16.4. The highest BCUT2D eigenvalue weighted by Gasteiger charge is 2.74. The second-order valence-corrected chi connectivity index (χ2v) is 9.62. The van der Waals surface area contributed by atoms with Crippen LogP contribution in [-0.4, -0.2) is 54.1 Å². The summed E-state index contributed by atoms with van der Waals surface area (Å²) < 4.78 is 18.9. The van der Waals surface area contributed by atoms with E-state index in [1.54, 1.807) is 0 Å². The number of aliphatic hydroxyl groups is 3. The molecule has 0 spiro atoms. The predicted molar refractivity (Wildman–Crippen MR) is 76.5 cm³/mol. The summed E-state index contributed by atoms with van der Waals surface area (Å²) in [4.78, 5) is -1.36. The number of ether oxygens (including phenoxy) is 1. The van der Waals surface area contributed by atoms with Crippen LogP contribution in [0, 0.1) is 10.8 Å². The van der Waals surface area contributed by atoms with Gasteiger partial charge in [-0.1, -0.05) is 41.5 Å². The first-order valence-electron chi connectivity index (χ1n) is 6.94. The van der Waals surface area contributed by atoms with E-state index in [0.717, 1.165) is 0 Å². The maximum Gasteiger partial charge on any atom is 0.176 e. The smallest absolute Gasteiger partial charge is 0.176 e. The molecule has 2 saturated heterocycles. The van der Waals surface area contributed by atoms with Gasteiger partial charge in [0.1, 0.15) is 23.9 Å². The molecule has 2 aliphatic rings. The molecule has 0 radical (unpaired) electrons. The molecule has 2 fully saturated rings. The lowest BCUT2D eigenvalue weighted by Gasteiger charge is -2.55. The molecule has 20 heavy (non-hydrogen) atoms. The predicted octanol–water partition coefficient (Wildman–Crippen LogP) is 0.389. The number of fused-ring (bicyclic) bond motifs is 2. The van der Waals surface area contributed by atoms with Crippen molar-refractivity contribution in [2.45, 2.75) is 70.4 Å². The monoisotopic (exact) mass is 306 g/mol. The second-order valence-electron chi connectivity index (χ2n) is 8.03. The van der Waals surface area contributed by atoms with E-state index < -0.39 is 50.5 Å². The number of hydrogen-bond donors (Lipinski definition) is 3. The summed E-state index contributed by atoms with van der Waals surface area (Å²) >= 11 is 0. The lowest BCUT2D eigenvalue weighted by atomic mass is 9.68. The van der Waals surface area contributed by atoms with Crippen molar-refractivity contribution >= 4 is 10.8 Å². The summed E-state index contributed by atoms with van der Waals surface area (Å²) in [5.74, 6) is 0.114. The van der Waals surface area contributed by atoms with Crippen LogP contribution in [0.2, 0.25) is 0 Å². The summed E-state index contributed by atoms with van der Waals surface area (Å²) in [6.45, 7) is 11.1. The van der Waals surface area contributed by atoms with Crippen LogP contribution in [-0.2, 0) is 15.5 Å². The molecule has 0 aromatic heterocycles. The van der Waals surface area contributed by atoms with E-state index in [1.807, 2.05) is 41.5 Å². The highest BCUT2D eigenvalue weighted by molar-refractivity contribution is 7.86. The van der Waals surface area contributed by atoms with E-state index in [0.29, 0.717) is 0 Å². The van der Waals surface area contributed by atoms with Crippen LogP contribution in [0.25, 0.3) is 0 Å². The molecule has 0 amide bonds. The van der Waals surface area contributed by atoms with E-state index in [4.69, 9.17) is 4.74 Å². The van der Waals surface area contributed by atoms with Crippen molar-refractivity contribution < 1.29 is 24.3 Å². The Hall–Kier alpha value is -0.0100. The van der Waals surface area contributed by atoms with Gasteiger partial charge in [0.25, 0.3) is 0 Å². The topological polar surface area (TPSA) is 87.0 Å². The van der Waals surface area contributed by atoms with E-state index in [1.165, 1.54) is 0 Å². The zero-order valence-corrected chi connectivity index (χ0v) is 13.8. The van der Waals surface area contributed by atoms with Gasteiger partial charge in [-0.3, -0.25) is 4.21 Å². The van der Waals surface area contributed by atoms with Gasteiger partial charge in [0, 0.05) is 5.41 Å². The summed E-state index contributed by atoms with van der Waals surface area (Å²) in [7, 11) is -1.51. The highest BCUT2D eigenvalue weighted by Crippen LogP contribution is 2.58. The first-order valence-corrected chi connectivity index (χ1v) is 8.26. The van der Waals surface area contributed by atoms with Crippen LogP contribution in [0.4, 0.5) is 0 Å². The molecular weight excluding hydrogens is 280 g/mol. The molecule has 0 aliphatic carbocycles. The van der Waals surface area contributed by atoms with Gasteiger partial charge in [-0.05, 0) is 5.41 Å². The molecule has 118 valence electrons. The third kappa shape index (κ3) is 1.72. The van der Waals surface area contributed by atoms with Crippen LogP contribution in [0.5, 0.6) is 0 Å². The summed E-state index contributed by atoms with van der Waals surface area (Å²) in [6, 6.07) is 0. The Morgan fingerprint density at radius 1 is 1.00 bits per heavy atom. The first-order chi connectivity index (χ1) is 8.81. The van der Waals surface area contributed by atoms with Gasteiger partial charge in [0.2, 0.25) is 0 Å². The van der Waals surface area contributed by atoms with Crippen molar-refractivity contribution in [2.24, 2.45) is 10.8 Å². The van der Waals surface area contributed by atoms with Gasteiger partial charge in [-0.25, -0.2) is 0 Å². The molecule has 2 heterocycles. The molecule has 0 aromatic rings. The molecule has 0 aromatic carbocycles. The van der Waals surface area contributed by atoms with Crippen LogP contribution in [0.15, 0.2) is 0 Å². The Labute approximate surface area is 122 Å². The molecule has 5 nitrogen and oxygen atoms in total. The normalized spacial score (nSPS) is 49.5. The average molecular weight is 306 g/mol. The van der Waals surface area contributed by atoms with Gasteiger partial charge in [-0.2, -0.15) is 0 Å².